The standard InChI is InChI=1S/C14H15N4.2BrH.Ni/c1-15-6-8-17(11-15)13-4-3-5-14(10-13)18-9-7-16(2)12-18;;;/h3-9,11-12H,1-2H3;2*1H;/q-3;;;+1/p-2. The maximum absolute atomic E-state index is 3.69. The van der Waals surface area contributed by atoms with Crippen LogP contribution in [0.2, 0.25) is 0 Å². The predicted molar refractivity (Wildman–Crippen MR) is 81.6 cm³/mol. The molecular formula is C14H15Br2N4Ni-4. The molecule has 7 heteroatoms. The molecule has 0 aliphatic carbocycles. The van der Waals surface area contributed by atoms with Crippen molar-refractivity contribution in [2.75, 3.05) is 23.9 Å². The molecule has 0 unspecified atom stereocenters. The van der Waals surface area contributed by atoms with E-state index >= 15 is 0 Å². The van der Waals surface area contributed by atoms with Gasteiger partial charge in [0.1, 0.15) is 0 Å². The molecule has 1 aromatic rings. The van der Waals surface area contributed by atoms with E-state index in [4.69, 9.17) is 0 Å². The number of anilines is 2. The quantitative estimate of drug-likeness (QED) is 0.458. The molecule has 0 fully saturated rings. The van der Waals surface area contributed by atoms with Crippen molar-refractivity contribution in [3.63, 3.8) is 0 Å². The van der Waals surface area contributed by atoms with Crippen LogP contribution in [0.25, 0.3) is 0 Å². The normalized spacial score (nSPS) is 16.0. The van der Waals surface area contributed by atoms with E-state index in [-0.39, 0.29) is 17.0 Å². The Hall–Kier alpha value is -0.646. The van der Waals surface area contributed by atoms with E-state index in [1.165, 1.54) is 0 Å². The number of hydrogen-bond acceptors (Lipinski definition) is 4. The zero-order chi connectivity index (χ0) is 14.5. The average Bonchev–Trinajstić information content (AvgIpc) is 3.10. The van der Waals surface area contributed by atoms with Gasteiger partial charge >= 0.3 is 27.9 Å². The van der Waals surface area contributed by atoms with Crippen LogP contribution in [0, 0.1) is 19.4 Å². The summed E-state index contributed by atoms with van der Waals surface area (Å²) in [6, 6.07) is 9.54. The SMILES string of the molecule is CN1C=CN(c2[c-]c(N3C=CN(C)[CH-]3)ccc2)[CH-]1.[Br-].[Ni][Br]. The molecule has 0 saturated carbocycles. The van der Waals surface area contributed by atoms with E-state index < -0.39 is 0 Å². The van der Waals surface area contributed by atoms with Crippen molar-refractivity contribution in [3.05, 3.63) is 62.4 Å². The first-order valence-electron chi connectivity index (χ1n) is 5.94. The molecule has 2 aliphatic heterocycles. The van der Waals surface area contributed by atoms with E-state index in [0.717, 1.165) is 11.4 Å². The summed E-state index contributed by atoms with van der Waals surface area (Å²) < 4.78 is 0. The topological polar surface area (TPSA) is 13.0 Å². The number of rotatable bonds is 2. The first kappa shape index (κ1) is 18.4. The second-order valence-electron chi connectivity index (χ2n) is 4.39. The van der Waals surface area contributed by atoms with E-state index in [0.29, 0.717) is 0 Å². The van der Waals surface area contributed by atoms with Crippen LogP contribution in [0.4, 0.5) is 11.4 Å². The summed E-state index contributed by atoms with van der Waals surface area (Å²) in [6.07, 6.45) is 8.06. The van der Waals surface area contributed by atoms with Gasteiger partial charge in [-0.15, -0.1) is 29.6 Å². The van der Waals surface area contributed by atoms with Gasteiger partial charge in [0, 0.05) is 0 Å². The van der Waals surface area contributed by atoms with Gasteiger partial charge in [-0.3, -0.25) is 0 Å². The van der Waals surface area contributed by atoms with E-state index in [1.54, 1.807) is 0 Å². The van der Waals surface area contributed by atoms with Crippen molar-refractivity contribution in [1.29, 1.82) is 0 Å². The molecule has 0 amide bonds. The molecule has 2 aliphatic rings. The Labute approximate surface area is 152 Å². The molecule has 0 atom stereocenters. The van der Waals surface area contributed by atoms with Crippen LogP contribution in [-0.2, 0) is 13.7 Å². The number of halogens is 2. The first-order chi connectivity index (χ1) is 9.72. The molecule has 119 valence electrons. The molecule has 0 spiro atoms. The van der Waals surface area contributed by atoms with Crippen molar-refractivity contribution in [3.8, 4) is 0 Å². The molecule has 1 aromatic carbocycles. The Balaban J connectivity index is 0.000000706. The molecular weight excluding hydrogens is 443 g/mol. The third-order valence-corrected chi connectivity index (χ3v) is 2.86. The zero-order valence-corrected chi connectivity index (χ0v) is 15.7. The molecule has 21 heavy (non-hydrogen) atoms. The maximum atomic E-state index is 3.69. The molecule has 2 heterocycles. The van der Waals surface area contributed by atoms with Crippen LogP contribution < -0.4 is 26.8 Å². The van der Waals surface area contributed by atoms with Crippen LogP contribution in [0.1, 0.15) is 0 Å². The molecule has 3 rings (SSSR count). The Kier molecular flexibility index (Phi) is 7.64. The van der Waals surface area contributed by atoms with Gasteiger partial charge in [-0.05, 0) is 38.9 Å². The van der Waals surface area contributed by atoms with Crippen LogP contribution in [0.3, 0.4) is 0 Å². The van der Waals surface area contributed by atoms with Crippen LogP contribution in [0.5, 0.6) is 0 Å². The Morgan fingerprint density at radius 1 is 0.905 bits per heavy atom. The van der Waals surface area contributed by atoms with E-state index in [2.05, 4.69) is 34.0 Å². The zero-order valence-electron chi connectivity index (χ0n) is 11.6. The minimum atomic E-state index is 0. The van der Waals surface area contributed by atoms with E-state index in [1.807, 2.05) is 90.0 Å². The summed E-state index contributed by atoms with van der Waals surface area (Å²) in [4.78, 5) is 8.12. The van der Waals surface area contributed by atoms with Gasteiger partial charge in [-0.2, -0.15) is 19.4 Å². The second kappa shape index (κ2) is 8.71. The second-order valence-corrected chi connectivity index (χ2v) is 4.39. The van der Waals surface area contributed by atoms with Crippen LogP contribution in [-0.4, -0.2) is 23.9 Å². The van der Waals surface area contributed by atoms with Gasteiger partial charge in [0.2, 0.25) is 0 Å². The summed E-state index contributed by atoms with van der Waals surface area (Å²) >= 11 is 6.25. The summed E-state index contributed by atoms with van der Waals surface area (Å²) in [5.74, 6) is 0. The predicted octanol–water partition coefficient (Wildman–Crippen LogP) is 0.0185. The Bertz CT molecular complexity index is 468. The van der Waals surface area contributed by atoms with Crippen LogP contribution in [0.15, 0.2) is 43.0 Å². The minimum absolute atomic E-state index is 0. The van der Waals surface area contributed by atoms with Gasteiger partial charge in [0.25, 0.3) is 0 Å². The summed E-state index contributed by atoms with van der Waals surface area (Å²) in [6.45, 7) is 4.04. The Morgan fingerprint density at radius 2 is 1.33 bits per heavy atom. The van der Waals surface area contributed by atoms with Crippen molar-refractivity contribution < 1.29 is 30.7 Å². The monoisotopic (exact) mass is 455 g/mol. The molecule has 0 saturated heterocycles. The number of hydrogen-bond donors (Lipinski definition) is 0. The fourth-order valence-corrected chi connectivity index (χ4v) is 1.93. The summed E-state index contributed by atoms with van der Waals surface area (Å²) in [5.41, 5.74) is 2.06. The average molecular weight is 458 g/mol. The Morgan fingerprint density at radius 3 is 1.67 bits per heavy atom. The van der Waals surface area contributed by atoms with Gasteiger partial charge in [-0.1, -0.05) is 0 Å². The first-order valence-corrected chi connectivity index (χ1v) is 8.38. The van der Waals surface area contributed by atoms with Gasteiger partial charge in [0.05, 0.1) is 0 Å². The number of benzene rings is 1. The fraction of sp³-hybridized carbons (Fsp3) is 0.143. The van der Waals surface area contributed by atoms with Gasteiger partial charge in [0.15, 0.2) is 0 Å². The van der Waals surface area contributed by atoms with E-state index in [9.17, 15) is 0 Å². The van der Waals surface area contributed by atoms with Crippen molar-refractivity contribution in [2.45, 2.75) is 0 Å². The third kappa shape index (κ3) is 4.66. The third-order valence-electron chi connectivity index (χ3n) is 2.86. The van der Waals surface area contributed by atoms with Crippen molar-refractivity contribution in [1.82, 2.24) is 9.80 Å². The molecule has 0 N–H and O–H groups in total. The van der Waals surface area contributed by atoms with Gasteiger partial charge in [-0.25, -0.2) is 0 Å². The molecule has 0 bridgehead atoms. The summed E-state index contributed by atoms with van der Waals surface area (Å²) in [7, 11) is 4.01. The van der Waals surface area contributed by atoms with Crippen molar-refractivity contribution in [2.24, 2.45) is 0 Å². The number of nitrogens with zero attached hydrogens (tertiary/aromatic N) is 4. The van der Waals surface area contributed by atoms with Crippen LogP contribution >= 0.6 is 14.2 Å². The molecule has 4 nitrogen and oxygen atoms in total. The van der Waals surface area contributed by atoms with Crippen molar-refractivity contribution >= 4 is 25.6 Å². The fourth-order valence-electron chi connectivity index (χ4n) is 1.93. The molecule has 0 aromatic heterocycles. The van der Waals surface area contributed by atoms with Gasteiger partial charge < -0.3 is 36.6 Å². The summed E-state index contributed by atoms with van der Waals surface area (Å²) in [5, 5.41) is 0. The molecule has 0 radical (unpaired) electrons.